The lowest BCUT2D eigenvalue weighted by atomic mass is 9.68. The minimum Gasteiger partial charge on any atom is -0.454 e. The molecule has 2 heterocycles. The third-order valence-electron chi connectivity index (χ3n) is 5.80. The van der Waals surface area contributed by atoms with Crippen LogP contribution in [-0.4, -0.2) is 12.9 Å². The van der Waals surface area contributed by atoms with Gasteiger partial charge in [-0.3, -0.25) is 0 Å². The van der Waals surface area contributed by atoms with Gasteiger partial charge >= 0.3 is 0 Å². The number of hydrogen-bond acceptors (Lipinski definition) is 3. The maximum absolute atomic E-state index is 6.42. The van der Waals surface area contributed by atoms with Gasteiger partial charge in [-0.1, -0.05) is 30.3 Å². The number of ether oxygens (including phenoxy) is 3. The third-order valence-corrected chi connectivity index (χ3v) is 5.80. The molecular formula is C21H22O3. The van der Waals surface area contributed by atoms with Gasteiger partial charge in [-0.25, -0.2) is 0 Å². The average molecular weight is 322 g/mol. The molecule has 3 aliphatic rings. The third kappa shape index (κ3) is 2.22. The van der Waals surface area contributed by atoms with Crippen LogP contribution in [0.3, 0.4) is 0 Å². The van der Waals surface area contributed by atoms with Crippen LogP contribution < -0.4 is 9.47 Å². The number of benzene rings is 2. The van der Waals surface area contributed by atoms with Crippen molar-refractivity contribution in [1.82, 2.24) is 0 Å². The summed E-state index contributed by atoms with van der Waals surface area (Å²) in [5, 5.41) is 0. The zero-order chi connectivity index (χ0) is 16.1. The zero-order valence-electron chi connectivity index (χ0n) is 13.9. The molecule has 1 aliphatic carbocycles. The molecule has 0 radical (unpaired) electrons. The largest absolute Gasteiger partial charge is 0.454 e. The van der Waals surface area contributed by atoms with E-state index >= 15 is 0 Å². The van der Waals surface area contributed by atoms with E-state index in [1.165, 1.54) is 23.1 Å². The second-order valence-electron chi connectivity index (χ2n) is 7.22. The SMILES string of the molecule is C[C@H]1C[C@H]2c3ccccc3CC[C@@H]2[C@@H](c2ccc3c(c2)OCO3)O1. The molecule has 1 saturated heterocycles. The molecule has 1 fully saturated rings. The van der Waals surface area contributed by atoms with Crippen LogP contribution in [0.4, 0.5) is 0 Å². The van der Waals surface area contributed by atoms with Crippen molar-refractivity contribution in [2.75, 3.05) is 6.79 Å². The summed E-state index contributed by atoms with van der Waals surface area (Å²) >= 11 is 0. The van der Waals surface area contributed by atoms with Gasteiger partial charge < -0.3 is 14.2 Å². The molecule has 0 spiro atoms. The van der Waals surface area contributed by atoms with E-state index in [-0.39, 0.29) is 12.2 Å². The fraction of sp³-hybridized carbons (Fsp3) is 0.429. The van der Waals surface area contributed by atoms with E-state index in [1.54, 1.807) is 0 Å². The number of aryl methyl sites for hydroxylation is 1. The second kappa shape index (κ2) is 5.52. The standard InChI is InChI=1S/C21H22O3/c1-13-10-18-16-5-3-2-4-14(16)6-8-17(18)21(24-13)15-7-9-19-20(11-15)23-12-22-19/h2-5,7,9,11,13,17-18,21H,6,8,10,12H2,1H3/t13-,17-,18-,21+/m0/s1. The molecule has 0 aromatic heterocycles. The van der Waals surface area contributed by atoms with Gasteiger partial charge in [-0.2, -0.15) is 0 Å². The van der Waals surface area contributed by atoms with Crippen molar-refractivity contribution in [2.45, 2.75) is 44.3 Å². The first-order valence-corrected chi connectivity index (χ1v) is 8.92. The molecule has 0 amide bonds. The van der Waals surface area contributed by atoms with Crippen LogP contribution in [0, 0.1) is 5.92 Å². The maximum atomic E-state index is 6.42. The van der Waals surface area contributed by atoms with E-state index in [9.17, 15) is 0 Å². The summed E-state index contributed by atoms with van der Waals surface area (Å²) in [5.41, 5.74) is 4.28. The van der Waals surface area contributed by atoms with E-state index in [0.717, 1.165) is 24.3 Å². The van der Waals surface area contributed by atoms with Crippen LogP contribution >= 0.6 is 0 Å². The molecule has 0 bridgehead atoms. The molecule has 0 saturated carbocycles. The molecule has 2 aliphatic heterocycles. The van der Waals surface area contributed by atoms with E-state index in [1.807, 2.05) is 6.07 Å². The fourth-order valence-corrected chi connectivity index (χ4v) is 4.72. The Hall–Kier alpha value is -2.00. The van der Waals surface area contributed by atoms with Crippen molar-refractivity contribution >= 4 is 0 Å². The highest BCUT2D eigenvalue weighted by molar-refractivity contribution is 5.46. The molecule has 3 nitrogen and oxygen atoms in total. The van der Waals surface area contributed by atoms with Crippen molar-refractivity contribution in [1.29, 1.82) is 0 Å². The maximum Gasteiger partial charge on any atom is 0.231 e. The minimum atomic E-state index is 0.140. The number of hydrogen-bond donors (Lipinski definition) is 0. The van der Waals surface area contributed by atoms with Gasteiger partial charge in [0, 0.05) is 0 Å². The van der Waals surface area contributed by atoms with Crippen LogP contribution in [0.1, 0.15) is 48.5 Å². The van der Waals surface area contributed by atoms with Crippen LogP contribution in [0.15, 0.2) is 42.5 Å². The molecule has 0 N–H and O–H groups in total. The summed E-state index contributed by atoms with van der Waals surface area (Å²) < 4.78 is 17.4. The summed E-state index contributed by atoms with van der Waals surface area (Å²) in [6, 6.07) is 15.2. The lowest BCUT2D eigenvalue weighted by Gasteiger charge is -2.45. The first-order chi connectivity index (χ1) is 11.8. The highest BCUT2D eigenvalue weighted by Gasteiger charge is 2.41. The van der Waals surface area contributed by atoms with Gasteiger partial charge in [0.1, 0.15) is 0 Å². The zero-order valence-corrected chi connectivity index (χ0v) is 13.9. The van der Waals surface area contributed by atoms with Crippen LogP contribution in [0.5, 0.6) is 11.5 Å². The molecule has 3 heteroatoms. The van der Waals surface area contributed by atoms with E-state index in [4.69, 9.17) is 14.2 Å². The predicted octanol–water partition coefficient (Wildman–Crippen LogP) is 4.61. The van der Waals surface area contributed by atoms with Crippen LogP contribution in [-0.2, 0) is 11.2 Å². The van der Waals surface area contributed by atoms with E-state index in [2.05, 4.69) is 43.3 Å². The van der Waals surface area contributed by atoms with Crippen molar-refractivity contribution in [3.8, 4) is 11.5 Å². The summed E-state index contributed by atoms with van der Waals surface area (Å²) in [6.45, 7) is 2.52. The molecular weight excluding hydrogens is 300 g/mol. The molecule has 24 heavy (non-hydrogen) atoms. The molecule has 124 valence electrons. The Labute approximate surface area is 142 Å². The first-order valence-electron chi connectivity index (χ1n) is 8.92. The fourth-order valence-electron chi connectivity index (χ4n) is 4.72. The van der Waals surface area contributed by atoms with E-state index < -0.39 is 0 Å². The molecule has 0 unspecified atom stereocenters. The number of rotatable bonds is 1. The van der Waals surface area contributed by atoms with Gasteiger partial charge in [-0.15, -0.1) is 0 Å². The van der Waals surface area contributed by atoms with Gasteiger partial charge in [0.2, 0.25) is 6.79 Å². The van der Waals surface area contributed by atoms with Gasteiger partial charge in [0.25, 0.3) is 0 Å². The quantitative estimate of drug-likeness (QED) is 0.767. The van der Waals surface area contributed by atoms with Gasteiger partial charge in [-0.05, 0) is 66.8 Å². The summed E-state index contributed by atoms with van der Waals surface area (Å²) in [7, 11) is 0. The minimum absolute atomic E-state index is 0.140. The summed E-state index contributed by atoms with van der Waals surface area (Å²) in [6.07, 6.45) is 3.86. The van der Waals surface area contributed by atoms with Gasteiger partial charge in [0.05, 0.1) is 12.2 Å². The van der Waals surface area contributed by atoms with E-state index in [0.29, 0.717) is 18.6 Å². The van der Waals surface area contributed by atoms with Crippen molar-refractivity contribution in [3.63, 3.8) is 0 Å². The molecule has 5 rings (SSSR count). The molecule has 2 aromatic carbocycles. The Morgan fingerprint density at radius 2 is 1.88 bits per heavy atom. The Kier molecular flexibility index (Phi) is 3.30. The Bertz CT molecular complexity index is 769. The lowest BCUT2D eigenvalue weighted by molar-refractivity contribution is -0.0923. The molecule has 4 atom stereocenters. The Morgan fingerprint density at radius 1 is 1.00 bits per heavy atom. The average Bonchev–Trinajstić information content (AvgIpc) is 3.08. The summed E-state index contributed by atoms with van der Waals surface area (Å²) in [5.74, 6) is 2.82. The van der Waals surface area contributed by atoms with Gasteiger partial charge in [0.15, 0.2) is 11.5 Å². The van der Waals surface area contributed by atoms with Crippen LogP contribution in [0.25, 0.3) is 0 Å². The Balaban J connectivity index is 1.53. The van der Waals surface area contributed by atoms with Crippen LogP contribution in [0.2, 0.25) is 0 Å². The normalized spacial score (nSPS) is 30.5. The predicted molar refractivity (Wildman–Crippen MR) is 91.5 cm³/mol. The highest BCUT2D eigenvalue weighted by atomic mass is 16.7. The molecule has 2 aromatic rings. The van der Waals surface area contributed by atoms with Crippen molar-refractivity contribution in [2.24, 2.45) is 5.92 Å². The van der Waals surface area contributed by atoms with Crippen molar-refractivity contribution in [3.05, 3.63) is 59.2 Å². The van der Waals surface area contributed by atoms with Crippen molar-refractivity contribution < 1.29 is 14.2 Å². The highest BCUT2D eigenvalue weighted by Crippen LogP contribution is 2.51. The number of fused-ring (bicyclic) bond motifs is 4. The Morgan fingerprint density at radius 3 is 2.83 bits per heavy atom. The first kappa shape index (κ1) is 14.4. The topological polar surface area (TPSA) is 27.7 Å². The summed E-state index contributed by atoms with van der Waals surface area (Å²) in [4.78, 5) is 0. The monoisotopic (exact) mass is 322 g/mol. The lowest BCUT2D eigenvalue weighted by Crippen LogP contribution is -2.36. The second-order valence-corrected chi connectivity index (χ2v) is 7.22. The smallest absolute Gasteiger partial charge is 0.231 e.